The molecule has 9 heteroatoms. The zero-order valence-corrected chi connectivity index (χ0v) is 16.1. The molecule has 1 unspecified atom stereocenters. The standard InChI is InChI=1S/C21H19F2N3O4/c1-21-6-2-3-7-25(11-21)20(30)16-18(28)17(27)14(10-26(16)21)19(29)24-9-12-4-5-13(22)8-15(12)23/h2-5,8,10,28H,6-7,9,11H2,1H3,(H,24,29). The van der Waals surface area contributed by atoms with Crippen molar-refractivity contribution in [3.8, 4) is 5.75 Å². The fourth-order valence-electron chi connectivity index (χ4n) is 3.89. The van der Waals surface area contributed by atoms with E-state index in [0.29, 0.717) is 25.6 Å². The van der Waals surface area contributed by atoms with Crippen LogP contribution in [0.3, 0.4) is 0 Å². The quantitative estimate of drug-likeness (QED) is 0.749. The Hall–Kier alpha value is -3.49. The van der Waals surface area contributed by atoms with Gasteiger partial charge in [0.2, 0.25) is 5.43 Å². The van der Waals surface area contributed by atoms with Crippen LogP contribution in [0.2, 0.25) is 0 Å². The maximum absolute atomic E-state index is 13.8. The van der Waals surface area contributed by atoms with Gasteiger partial charge in [-0.2, -0.15) is 0 Å². The van der Waals surface area contributed by atoms with Crippen molar-refractivity contribution in [2.75, 3.05) is 13.1 Å². The highest BCUT2D eigenvalue weighted by Gasteiger charge is 2.42. The molecule has 30 heavy (non-hydrogen) atoms. The van der Waals surface area contributed by atoms with Gasteiger partial charge in [-0.15, -0.1) is 0 Å². The Morgan fingerprint density at radius 1 is 1.27 bits per heavy atom. The number of benzene rings is 1. The third kappa shape index (κ3) is 3.16. The van der Waals surface area contributed by atoms with Gasteiger partial charge < -0.3 is 19.9 Å². The van der Waals surface area contributed by atoms with Crippen LogP contribution in [0.25, 0.3) is 0 Å². The van der Waals surface area contributed by atoms with E-state index in [4.69, 9.17) is 0 Å². The van der Waals surface area contributed by atoms with Gasteiger partial charge in [0.25, 0.3) is 11.8 Å². The number of rotatable bonds is 3. The Labute approximate surface area is 170 Å². The molecule has 1 atom stereocenters. The summed E-state index contributed by atoms with van der Waals surface area (Å²) in [5, 5.41) is 12.9. The van der Waals surface area contributed by atoms with Crippen molar-refractivity contribution >= 4 is 11.8 Å². The topological polar surface area (TPSA) is 91.6 Å². The predicted octanol–water partition coefficient (Wildman–Crippen LogP) is 1.89. The van der Waals surface area contributed by atoms with E-state index in [2.05, 4.69) is 5.32 Å². The number of fused-ring (bicyclic) bond motifs is 4. The molecule has 3 heterocycles. The number of carbonyl (C=O) groups excluding carboxylic acids is 2. The SMILES string of the molecule is CC12CC=CCN(C1)C(=O)c1c(O)c(=O)c(C(=O)NCc3ccc(F)cc3F)cn12. The van der Waals surface area contributed by atoms with Gasteiger partial charge in [0.15, 0.2) is 11.4 Å². The number of amides is 2. The Balaban J connectivity index is 1.71. The average Bonchev–Trinajstić information content (AvgIpc) is 2.88. The summed E-state index contributed by atoms with van der Waals surface area (Å²) in [6, 6.07) is 2.94. The highest BCUT2D eigenvalue weighted by molar-refractivity contribution is 5.99. The first-order chi connectivity index (χ1) is 14.2. The summed E-state index contributed by atoms with van der Waals surface area (Å²) in [6.45, 7) is 2.31. The van der Waals surface area contributed by atoms with Crippen LogP contribution in [0.5, 0.6) is 5.75 Å². The van der Waals surface area contributed by atoms with Crippen LogP contribution in [0.1, 0.15) is 39.8 Å². The molecule has 2 aliphatic heterocycles. The number of aromatic nitrogens is 1. The minimum Gasteiger partial charge on any atom is -0.503 e. The van der Waals surface area contributed by atoms with Crippen LogP contribution >= 0.6 is 0 Å². The van der Waals surface area contributed by atoms with Crippen molar-refractivity contribution in [1.82, 2.24) is 14.8 Å². The molecule has 2 amide bonds. The molecule has 2 aliphatic rings. The number of hydrogen-bond acceptors (Lipinski definition) is 4. The number of nitrogens with zero attached hydrogens (tertiary/aromatic N) is 2. The summed E-state index contributed by atoms with van der Waals surface area (Å²) in [6.07, 6.45) is 5.56. The summed E-state index contributed by atoms with van der Waals surface area (Å²) in [5.74, 6) is -3.70. The van der Waals surface area contributed by atoms with E-state index in [1.807, 2.05) is 19.1 Å². The first kappa shape index (κ1) is 19.8. The Morgan fingerprint density at radius 2 is 2.03 bits per heavy atom. The van der Waals surface area contributed by atoms with E-state index >= 15 is 0 Å². The molecule has 0 spiro atoms. The number of hydrogen-bond donors (Lipinski definition) is 2. The number of nitrogens with one attached hydrogen (secondary N) is 1. The van der Waals surface area contributed by atoms with Crippen LogP contribution in [0, 0.1) is 11.6 Å². The van der Waals surface area contributed by atoms with Gasteiger partial charge in [-0.25, -0.2) is 8.78 Å². The smallest absolute Gasteiger partial charge is 0.274 e. The minimum absolute atomic E-state index is 0.0405. The molecule has 0 saturated carbocycles. The Kier molecular flexibility index (Phi) is 4.68. The number of carbonyl (C=O) groups is 2. The molecular weight excluding hydrogens is 396 g/mol. The first-order valence-electron chi connectivity index (χ1n) is 9.37. The van der Waals surface area contributed by atoms with Crippen molar-refractivity contribution in [3.05, 3.63) is 75.2 Å². The molecule has 0 aliphatic carbocycles. The van der Waals surface area contributed by atoms with Gasteiger partial charge in [0.05, 0.1) is 5.54 Å². The normalized spacial score (nSPS) is 20.0. The molecule has 0 radical (unpaired) electrons. The highest BCUT2D eigenvalue weighted by Crippen LogP contribution is 2.34. The van der Waals surface area contributed by atoms with Crippen LogP contribution in [-0.4, -0.2) is 39.5 Å². The van der Waals surface area contributed by atoms with Crippen molar-refractivity contribution in [1.29, 1.82) is 0 Å². The molecule has 1 aromatic carbocycles. The fourth-order valence-corrected chi connectivity index (χ4v) is 3.89. The highest BCUT2D eigenvalue weighted by atomic mass is 19.1. The van der Waals surface area contributed by atoms with Crippen LogP contribution in [0.15, 0.2) is 41.3 Å². The van der Waals surface area contributed by atoms with E-state index in [1.165, 1.54) is 21.7 Å². The predicted molar refractivity (Wildman–Crippen MR) is 103 cm³/mol. The van der Waals surface area contributed by atoms with E-state index in [9.17, 15) is 28.3 Å². The lowest BCUT2D eigenvalue weighted by Gasteiger charge is -2.42. The number of aromatic hydroxyl groups is 1. The lowest BCUT2D eigenvalue weighted by Crippen LogP contribution is -2.52. The van der Waals surface area contributed by atoms with Gasteiger partial charge >= 0.3 is 0 Å². The second-order valence-corrected chi connectivity index (χ2v) is 7.72. The van der Waals surface area contributed by atoms with Crippen LogP contribution in [0.4, 0.5) is 8.78 Å². The number of allylic oxidation sites excluding steroid dienone is 1. The monoisotopic (exact) mass is 415 g/mol. The summed E-state index contributed by atoms with van der Waals surface area (Å²) < 4.78 is 28.3. The van der Waals surface area contributed by atoms with Crippen LogP contribution in [-0.2, 0) is 12.1 Å². The van der Waals surface area contributed by atoms with Gasteiger partial charge in [0, 0.05) is 37.5 Å². The maximum atomic E-state index is 13.8. The van der Waals surface area contributed by atoms with Gasteiger partial charge in [-0.3, -0.25) is 14.4 Å². The summed E-state index contributed by atoms with van der Waals surface area (Å²) >= 11 is 0. The molecule has 7 nitrogen and oxygen atoms in total. The third-order valence-corrected chi connectivity index (χ3v) is 5.54. The zero-order valence-electron chi connectivity index (χ0n) is 16.1. The average molecular weight is 415 g/mol. The summed E-state index contributed by atoms with van der Waals surface area (Å²) in [5.41, 5.74) is -2.12. The van der Waals surface area contributed by atoms with Gasteiger partial charge in [-0.05, 0) is 19.4 Å². The molecule has 0 saturated heterocycles. The van der Waals surface area contributed by atoms with E-state index in [0.717, 1.165) is 6.07 Å². The largest absolute Gasteiger partial charge is 0.503 e. The number of pyridine rings is 1. The minimum atomic E-state index is -0.983. The Morgan fingerprint density at radius 3 is 2.77 bits per heavy atom. The molecular formula is C21H19F2N3O4. The molecule has 4 rings (SSSR count). The molecule has 1 aromatic heterocycles. The van der Waals surface area contributed by atoms with Crippen molar-refractivity contribution in [2.45, 2.75) is 25.4 Å². The molecule has 2 N–H and O–H groups in total. The van der Waals surface area contributed by atoms with Gasteiger partial charge in [-0.1, -0.05) is 18.2 Å². The molecule has 156 valence electrons. The van der Waals surface area contributed by atoms with Crippen LogP contribution < -0.4 is 10.7 Å². The van der Waals surface area contributed by atoms with E-state index < -0.39 is 40.2 Å². The summed E-state index contributed by atoms with van der Waals surface area (Å²) in [7, 11) is 0. The number of halogens is 2. The van der Waals surface area contributed by atoms with Gasteiger partial charge in [0.1, 0.15) is 17.2 Å². The van der Waals surface area contributed by atoms with E-state index in [1.54, 1.807) is 0 Å². The lowest BCUT2D eigenvalue weighted by atomic mass is 9.93. The second kappa shape index (κ2) is 7.08. The maximum Gasteiger partial charge on any atom is 0.274 e. The molecule has 2 bridgehead atoms. The fraction of sp³-hybridized carbons (Fsp3) is 0.286. The van der Waals surface area contributed by atoms with E-state index in [-0.39, 0.29) is 23.4 Å². The second-order valence-electron chi connectivity index (χ2n) is 7.72. The Bertz CT molecular complexity index is 1160. The third-order valence-electron chi connectivity index (χ3n) is 5.54. The molecule has 0 fully saturated rings. The van der Waals surface area contributed by atoms with Crippen molar-refractivity contribution in [2.24, 2.45) is 0 Å². The first-order valence-corrected chi connectivity index (χ1v) is 9.37. The lowest BCUT2D eigenvalue weighted by molar-refractivity contribution is 0.0603. The molecule has 2 aromatic rings. The summed E-state index contributed by atoms with van der Waals surface area (Å²) in [4.78, 5) is 39.6. The van der Waals surface area contributed by atoms with Crippen molar-refractivity contribution < 1.29 is 23.5 Å². The zero-order chi connectivity index (χ0) is 21.6. The van der Waals surface area contributed by atoms with Crippen molar-refractivity contribution in [3.63, 3.8) is 0 Å².